The zero-order valence-corrected chi connectivity index (χ0v) is 12.0. The second-order valence-corrected chi connectivity index (χ2v) is 4.97. The van der Waals surface area contributed by atoms with E-state index in [1.807, 2.05) is 0 Å². The van der Waals surface area contributed by atoms with Gasteiger partial charge in [0.15, 0.2) is 0 Å². The number of nitro groups is 1. The molecule has 0 atom stereocenters. The molecule has 0 unspecified atom stereocenters. The van der Waals surface area contributed by atoms with Crippen LogP contribution in [0.4, 0.5) is 15.8 Å². The molecule has 7 heteroatoms. The van der Waals surface area contributed by atoms with E-state index in [2.05, 4.69) is 15.9 Å². The smallest absolute Gasteiger partial charge is 0.312 e. The molecule has 2 rings (SSSR count). The van der Waals surface area contributed by atoms with E-state index in [1.54, 1.807) is 25.1 Å². The topological polar surface area (TPSA) is 78.4 Å². The predicted octanol–water partition coefficient (Wildman–Crippen LogP) is 4.18. The van der Waals surface area contributed by atoms with Gasteiger partial charge in [-0.3, -0.25) is 10.1 Å². The van der Waals surface area contributed by atoms with Crippen molar-refractivity contribution in [3.05, 3.63) is 56.3 Å². The first-order valence-electron chi connectivity index (χ1n) is 5.56. The SMILES string of the molecule is Cc1cc(N)ccc1Oc1cc(F)c(Br)cc1[N+](=O)[O-]. The molecule has 0 aliphatic carbocycles. The fourth-order valence-electron chi connectivity index (χ4n) is 1.65. The Labute approximate surface area is 122 Å². The van der Waals surface area contributed by atoms with E-state index < -0.39 is 10.7 Å². The lowest BCUT2D eigenvalue weighted by Gasteiger charge is -2.10. The van der Waals surface area contributed by atoms with Gasteiger partial charge in [0.25, 0.3) is 0 Å². The van der Waals surface area contributed by atoms with Crippen molar-refractivity contribution in [3.8, 4) is 11.5 Å². The van der Waals surface area contributed by atoms with Gasteiger partial charge in [0.2, 0.25) is 5.75 Å². The van der Waals surface area contributed by atoms with Crippen molar-refractivity contribution < 1.29 is 14.1 Å². The van der Waals surface area contributed by atoms with Gasteiger partial charge in [-0.15, -0.1) is 0 Å². The van der Waals surface area contributed by atoms with Gasteiger partial charge < -0.3 is 10.5 Å². The number of ether oxygens (including phenoxy) is 1. The van der Waals surface area contributed by atoms with Crippen LogP contribution in [0.15, 0.2) is 34.8 Å². The minimum atomic E-state index is -0.640. The maximum absolute atomic E-state index is 13.5. The highest BCUT2D eigenvalue weighted by Crippen LogP contribution is 2.36. The van der Waals surface area contributed by atoms with Gasteiger partial charge in [0, 0.05) is 17.8 Å². The highest BCUT2D eigenvalue weighted by atomic mass is 79.9. The zero-order valence-electron chi connectivity index (χ0n) is 10.4. The van der Waals surface area contributed by atoms with Crippen LogP contribution in [0.1, 0.15) is 5.56 Å². The van der Waals surface area contributed by atoms with Gasteiger partial charge >= 0.3 is 5.69 Å². The lowest BCUT2D eigenvalue weighted by atomic mass is 10.2. The van der Waals surface area contributed by atoms with Crippen molar-refractivity contribution in [2.24, 2.45) is 0 Å². The minimum absolute atomic E-state index is 0.00516. The fourth-order valence-corrected chi connectivity index (χ4v) is 1.98. The Kier molecular flexibility index (Phi) is 3.89. The first-order valence-corrected chi connectivity index (χ1v) is 6.35. The summed E-state index contributed by atoms with van der Waals surface area (Å²) in [4.78, 5) is 10.3. The van der Waals surface area contributed by atoms with Crippen LogP contribution in [0.2, 0.25) is 0 Å². The van der Waals surface area contributed by atoms with E-state index in [9.17, 15) is 14.5 Å². The van der Waals surface area contributed by atoms with Crippen molar-refractivity contribution in [3.63, 3.8) is 0 Å². The number of nitrogens with two attached hydrogens (primary N) is 1. The Balaban J connectivity index is 2.47. The van der Waals surface area contributed by atoms with Gasteiger partial charge in [0.1, 0.15) is 11.6 Å². The number of rotatable bonds is 3. The van der Waals surface area contributed by atoms with Crippen molar-refractivity contribution in [1.82, 2.24) is 0 Å². The standard InChI is InChI=1S/C13H10BrFN2O3/c1-7-4-8(16)2-3-12(7)20-13-6-10(15)9(14)5-11(13)17(18)19/h2-6H,16H2,1H3. The first kappa shape index (κ1) is 14.3. The number of benzene rings is 2. The molecular weight excluding hydrogens is 331 g/mol. The Bertz CT molecular complexity index is 692. The van der Waals surface area contributed by atoms with Crippen molar-refractivity contribution in [2.45, 2.75) is 6.92 Å². The van der Waals surface area contributed by atoms with E-state index in [0.717, 1.165) is 12.1 Å². The molecule has 104 valence electrons. The number of aryl methyl sites for hydroxylation is 1. The Morgan fingerprint density at radius 1 is 1.30 bits per heavy atom. The first-order chi connectivity index (χ1) is 9.38. The van der Waals surface area contributed by atoms with Gasteiger partial charge in [-0.1, -0.05) is 0 Å². The van der Waals surface area contributed by atoms with Crippen LogP contribution < -0.4 is 10.5 Å². The molecule has 0 bridgehead atoms. The zero-order chi connectivity index (χ0) is 14.9. The quantitative estimate of drug-likeness (QED) is 0.516. The number of nitrogen functional groups attached to an aromatic ring is 1. The summed E-state index contributed by atoms with van der Waals surface area (Å²) in [7, 11) is 0. The van der Waals surface area contributed by atoms with E-state index in [0.29, 0.717) is 17.0 Å². The highest BCUT2D eigenvalue weighted by molar-refractivity contribution is 9.10. The summed E-state index contributed by atoms with van der Waals surface area (Å²) in [6.45, 7) is 1.74. The fraction of sp³-hybridized carbons (Fsp3) is 0.0769. The molecule has 20 heavy (non-hydrogen) atoms. The largest absolute Gasteiger partial charge is 0.450 e. The molecule has 0 aromatic heterocycles. The summed E-state index contributed by atoms with van der Waals surface area (Å²) in [5.74, 6) is -0.425. The average molecular weight is 341 g/mol. The Morgan fingerprint density at radius 2 is 2.00 bits per heavy atom. The Hall–Kier alpha value is -2.15. The van der Waals surface area contributed by atoms with Crippen LogP contribution in [0.3, 0.4) is 0 Å². The van der Waals surface area contributed by atoms with E-state index in [4.69, 9.17) is 10.5 Å². The summed E-state index contributed by atoms with van der Waals surface area (Å²) in [6.07, 6.45) is 0. The molecule has 2 aromatic rings. The molecule has 0 aliphatic rings. The number of anilines is 1. The summed E-state index contributed by atoms with van der Waals surface area (Å²) in [6, 6.07) is 6.88. The number of nitrogens with zero attached hydrogens (tertiary/aromatic N) is 1. The molecular formula is C13H10BrFN2O3. The minimum Gasteiger partial charge on any atom is -0.450 e. The number of nitro benzene ring substituents is 1. The summed E-state index contributed by atoms with van der Waals surface area (Å²) >= 11 is 2.91. The Morgan fingerprint density at radius 3 is 2.60 bits per heavy atom. The summed E-state index contributed by atoms with van der Waals surface area (Å²) in [5.41, 5.74) is 6.53. The molecule has 5 nitrogen and oxygen atoms in total. The van der Waals surface area contributed by atoms with Crippen molar-refractivity contribution in [2.75, 3.05) is 5.73 Å². The van der Waals surface area contributed by atoms with Crippen LogP contribution in [-0.2, 0) is 0 Å². The summed E-state index contributed by atoms with van der Waals surface area (Å²) in [5, 5.41) is 11.0. The monoisotopic (exact) mass is 340 g/mol. The van der Waals surface area contributed by atoms with E-state index >= 15 is 0 Å². The molecule has 2 aromatic carbocycles. The van der Waals surface area contributed by atoms with Crippen LogP contribution in [-0.4, -0.2) is 4.92 Å². The molecule has 0 heterocycles. The third-order valence-corrected chi connectivity index (χ3v) is 3.23. The molecule has 0 spiro atoms. The molecule has 0 radical (unpaired) electrons. The van der Waals surface area contributed by atoms with E-state index in [1.165, 1.54) is 0 Å². The lowest BCUT2D eigenvalue weighted by molar-refractivity contribution is -0.385. The van der Waals surface area contributed by atoms with Crippen LogP contribution >= 0.6 is 15.9 Å². The summed E-state index contributed by atoms with van der Waals surface area (Å²) < 4.78 is 19.0. The second-order valence-electron chi connectivity index (χ2n) is 4.12. The van der Waals surface area contributed by atoms with Gasteiger partial charge in [-0.2, -0.15) is 0 Å². The van der Waals surface area contributed by atoms with Crippen molar-refractivity contribution >= 4 is 27.3 Å². The lowest BCUT2D eigenvalue weighted by Crippen LogP contribution is -1.97. The van der Waals surface area contributed by atoms with Crippen LogP contribution in [0, 0.1) is 22.9 Å². The van der Waals surface area contributed by atoms with Crippen molar-refractivity contribution in [1.29, 1.82) is 0 Å². The maximum Gasteiger partial charge on any atom is 0.312 e. The van der Waals surface area contributed by atoms with Crippen LogP contribution in [0.25, 0.3) is 0 Å². The third-order valence-electron chi connectivity index (χ3n) is 2.62. The third kappa shape index (κ3) is 2.88. The van der Waals surface area contributed by atoms with Crippen LogP contribution in [0.5, 0.6) is 11.5 Å². The maximum atomic E-state index is 13.5. The number of hydrogen-bond acceptors (Lipinski definition) is 4. The highest BCUT2D eigenvalue weighted by Gasteiger charge is 2.20. The van der Waals surface area contributed by atoms with E-state index in [-0.39, 0.29) is 15.9 Å². The van der Waals surface area contributed by atoms with Gasteiger partial charge in [0.05, 0.1) is 9.40 Å². The molecule has 0 saturated carbocycles. The predicted molar refractivity (Wildman–Crippen MR) is 76.4 cm³/mol. The molecule has 0 fully saturated rings. The van der Waals surface area contributed by atoms with Gasteiger partial charge in [-0.25, -0.2) is 4.39 Å². The average Bonchev–Trinajstić information content (AvgIpc) is 2.36. The molecule has 0 saturated heterocycles. The second kappa shape index (κ2) is 5.46. The molecule has 0 amide bonds. The molecule has 2 N–H and O–H groups in total. The normalized spacial score (nSPS) is 10.3. The number of hydrogen-bond donors (Lipinski definition) is 1. The molecule has 0 aliphatic heterocycles. The van der Waals surface area contributed by atoms with Gasteiger partial charge in [-0.05, 0) is 46.6 Å². The number of halogens is 2.